The van der Waals surface area contributed by atoms with Crippen molar-refractivity contribution < 1.29 is 18.3 Å². The van der Waals surface area contributed by atoms with Crippen molar-refractivity contribution in [1.29, 1.82) is 0 Å². The first-order chi connectivity index (χ1) is 12.6. The largest absolute Gasteiger partial charge is 0.384 e. The molecule has 1 aromatic rings. The van der Waals surface area contributed by atoms with Gasteiger partial charge in [0.2, 0.25) is 5.91 Å². The molecule has 0 spiro atoms. The van der Waals surface area contributed by atoms with Crippen molar-refractivity contribution in [1.82, 2.24) is 9.80 Å². The van der Waals surface area contributed by atoms with Crippen molar-refractivity contribution in [2.75, 3.05) is 39.9 Å². The monoisotopic (exact) mass is 366 g/mol. The van der Waals surface area contributed by atoms with Gasteiger partial charge in [-0.2, -0.15) is 0 Å². The van der Waals surface area contributed by atoms with E-state index in [2.05, 4.69) is 4.90 Å². The molecule has 0 N–H and O–H groups in total. The zero-order chi connectivity index (χ0) is 18.5. The van der Waals surface area contributed by atoms with E-state index in [-0.39, 0.29) is 5.91 Å². The second-order valence-electron chi connectivity index (χ2n) is 7.46. The number of amides is 1. The molecule has 0 saturated carbocycles. The molecule has 2 aliphatic heterocycles. The minimum Gasteiger partial charge on any atom is -0.384 e. The van der Waals surface area contributed by atoms with Gasteiger partial charge >= 0.3 is 0 Å². The third kappa shape index (κ3) is 4.60. The molecule has 1 unspecified atom stereocenters. The first-order valence-electron chi connectivity index (χ1n) is 9.50. The van der Waals surface area contributed by atoms with Crippen molar-refractivity contribution >= 4 is 5.91 Å². The first-order valence-corrected chi connectivity index (χ1v) is 9.50. The molecule has 26 heavy (non-hydrogen) atoms. The number of piperidine rings is 1. The first kappa shape index (κ1) is 19.2. The van der Waals surface area contributed by atoms with E-state index in [1.54, 1.807) is 19.2 Å². The zero-order valence-corrected chi connectivity index (χ0v) is 15.4. The number of carbonyl (C=O) groups excluding carboxylic acids is 1. The van der Waals surface area contributed by atoms with Crippen LogP contribution in [0.5, 0.6) is 0 Å². The quantitative estimate of drug-likeness (QED) is 0.776. The summed E-state index contributed by atoms with van der Waals surface area (Å²) in [6, 6.07) is 4.38. The van der Waals surface area contributed by atoms with Crippen LogP contribution in [0.25, 0.3) is 0 Å². The molecule has 0 radical (unpaired) electrons. The summed E-state index contributed by atoms with van der Waals surface area (Å²) < 4.78 is 32.2. The molecular weight excluding hydrogens is 338 g/mol. The summed E-state index contributed by atoms with van der Waals surface area (Å²) >= 11 is 0. The highest BCUT2D eigenvalue weighted by Gasteiger charge is 2.33. The van der Waals surface area contributed by atoms with E-state index in [1.807, 2.05) is 4.90 Å². The lowest BCUT2D eigenvalue weighted by Crippen LogP contribution is -2.37. The highest BCUT2D eigenvalue weighted by Crippen LogP contribution is 2.32. The molecule has 0 aliphatic carbocycles. The maximum absolute atomic E-state index is 13.8. The number of halogens is 2. The standard InChI is InChI=1S/C20H28F2N2O2/c1-26-12-8-19(25)24-11-7-16(14-24)15-5-9-23(10-6-15)13-17-3-2-4-18(21)20(17)22/h2-4,15-16H,5-14H2,1H3. The Morgan fingerprint density at radius 3 is 2.62 bits per heavy atom. The van der Waals surface area contributed by atoms with E-state index in [4.69, 9.17) is 4.74 Å². The predicted octanol–water partition coefficient (Wildman–Crippen LogP) is 3.06. The molecule has 1 amide bonds. The third-order valence-electron chi connectivity index (χ3n) is 5.82. The molecule has 2 heterocycles. The summed E-state index contributed by atoms with van der Waals surface area (Å²) in [4.78, 5) is 16.3. The van der Waals surface area contributed by atoms with Crippen LogP contribution in [0.2, 0.25) is 0 Å². The van der Waals surface area contributed by atoms with Crippen LogP contribution >= 0.6 is 0 Å². The molecule has 2 aliphatic rings. The number of rotatable bonds is 6. The Morgan fingerprint density at radius 1 is 1.15 bits per heavy atom. The summed E-state index contributed by atoms with van der Waals surface area (Å²) in [5.74, 6) is -0.135. The summed E-state index contributed by atoms with van der Waals surface area (Å²) in [6.45, 7) is 4.44. The van der Waals surface area contributed by atoms with Crippen LogP contribution in [0.3, 0.4) is 0 Å². The Bertz CT molecular complexity index is 618. The lowest BCUT2D eigenvalue weighted by molar-refractivity contribution is -0.131. The number of ether oxygens (including phenoxy) is 1. The van der Waals surface area contributed by atoms with E-state index >= 15 is 0 Å². The molecule has 3 rings (SSSR count). The summed E-state index contributed by atoms with van der Waals surface area (Å²) in [5.41, 5.74) is 0.430. The smallest absolute Gasteiger partial charge is 0.224 e. The minimum absolute atomic E-state index is 0.188. The van der Waals surface area contributed by atoms with Crippen molar-refractivity contribution in [3.8, 4) is 0 Å². The number of carbonyl (C=O) groups is 1. The fourth-order valence-electron chi connectivity index (χ4n) is 4.24. The van der Waals surface area contributed by atoms with Crippen LogP contribution < -0.4 is 0 Å². The van der Waals surface area contributed by atoms with Gasteiger partial charge in [-0.05, 0) is 50.3 Å². The van der Waals surface area contributed by atoms with Gasteiger partial charge in [0.15, 0.2) is 11.6 Å². The minimum atomic E-state index is -0.776. The number of hydrogen-bond acceptors (Lipinski definition) is 3. The van der Waals surface area contributed by atoms with Crippen molar-refractivity contribution in [3.05, 3.63) is 35.4 Å². The van der Waals surface area contributed by atoms with Gasteiger partial charge in [-0.15, -0.1) is 0 Å². The molecule has 2 saturated heterocycles. The van der Waals surface area contributed by atoms with Crippen LogP contribution in [0.4, 0.5) is 8.78 Å². The van der Waals surface area contributed by atoms with Crippen LogP contribution in [0, 0.1) is 23.5 Å². The molecule has 0 aromatic heterocycles. The van der Waals surface area contributed by atoms with E-state index in [9.17, 15) is 13.6 Å². The number of benzene rings is 1. The normalized spacial score (nSPS) is 22.1. The maximum Gasteiger partial charge on any atom is 0.224 e. The maximum atomic E-state index is 13.8. The third-order valence-corrected chi connectivity index (χ3v) is 5.82. The molecule has 6 heteroatoms. The van der Waals surface area contributed by atoms with Crippen LogP contribution in [-0.4, -0.2) is 55.6 Å². The molecule has 4 nitrogen and oxygen atoms in total. The van der Waals surface area contributed by atoms with Gasteiger partial charge in [-0.3, -0.25) is 9.69 Å². The van der Waals surface area contributed by atoms with Crippen LogP contribution in [0.15, 0.2) is 18.2 Å². The number of methoxy groups -OCH3 is 1. The average Bonchev–Trinajstić information content (AvgIpc) is 3.14. The Morgan fingerprint density at radius 2 is 1.88 bits per heavy atom. The Kier molecular flexibility index (Phi) is 6.59. The van der Waals surface area contributed by atoms with Gasteiger partial charge < -0.3 is 9.64 Å². The van der Waals surface area contributed by atoms with Gasteiger partial charge in [-0.1, -0.05) is 12.1 Å². The molecule has 144 valence electrons. The topological polar surface area (TPSA) is 32.8 Å². The lowest BCUT2D eigenvalue weighted by atomic mass is 9.83. The van der Waals surface area contributed by atoms with E-state index in [1.165, 1.54) is 0 Å². The summed E-state index contributed by atoms with van der Waals surface area (Å²) in [6.07, 6.45) is 3.65. The van der Waals surface area contributed by atoms with Gasteiger partial charge in [0, 0.05) is 32.3 Å². The Hall–Kier alpha value is -1.53. The van der Waals surface area contributed by atoms with E-state index < -0.39 is 11.6 Å². The van der Waals surface area contributed by atoms with Crippen LogP contribution in [0.1, 0.15) is 31.2 Å². The highest BCUT2D eigenvalue weighted by atomic mass is 19.2. The molecular formula is C20H28F2N2O2. The predicted molar refractivity (Wildman–Crippen MR) is 95.5 cm³/mol. The van der Waals surface area contributed by atoms with Gasteiger partial charge in [0.1, 0.15) is 0 Å². The summed E-state index contributed by atoms with van der Waals surface area (Å²) in [5, 5.41) is 0. The lowest BCUT2D eigenvalue weighted by Gasteiger charge is -2.35. The van der Waals surface area contributed by atoms with Crippen molar-refractivity contribution in [2.24, 2.45) is 11.8 Å². The van der Waals surface area contributed by atoms with Gasteiger partial charge in [0.05, 0.1) is 13.0 Å². The molecule has 1 atom stereocenters. The SMILES string of the molecule is COCCC(=O)N1CCC(C2CCN(Cc3cccc(F)c3F)CC2)C1. The second-order valence-corrected chi connectivity index (χ2v) is 7.46. The number of nitrogens with zero attached hydrogens (tertiary/aromatic N) is 2. The van der Waals surface area contributed by atoms with Crippen LogP contribution in [-0.2, 0) is 16.1 Å². The zero-order valence-electron chi connectivity index (χ0n) is 15.4. The Labute approximate surface area is 154 Å². The second kappa shape index (κ2) is 8.91. The van der Waals surface area contributed by atoms with E-state index in [0.29, 0.717) is 37.0 Å². The fraction of sp³-hybridized carbons (Fsp3) is 0.650. The van der Waals surface area contributed by atoms with Gasteiger partial charge in [0.25, 0.3) is 0 Å². The highest BCUT2D eigenvalue weighted by molar-refractivity contribution is 5.76. The molecule has 1 aromatic carbocycles. The van der Waals surface area contributed by atoms with Gasteiger partial charge in [-0.25, -0.2) is 8.78 Å². The van der Waals surface area contributed by atoms with E-state index in [0.717, 1.165) is 51.5 Å². The fourth-order valence-corrected chi connectivity index (χ4v) is 4.24. The average molecular weight is 366 g/mol. The van der Waals surface area contributed by atoms with Crippen molar-refractivity contribution in [3.63, 3.8) is 0 Å². The molecule has 0 bridgehead atoms. The van der Waals surface area contributed by atoms with Crippen molar-refractivity contribution in [2.45, 2.75) is 32.2 Å². The molecule has 2 fully saturated rings. The number of likely N-dealkylation sites (tertiary alicyclic amines) is 2. The summed E-state index contributed by atoms with van der Waals surface area (Å²) in [7, 11) is 1.61. The number of hydrogen-bond donors (Lipinski definition) is 0. The Balaban J connectivity index is 1.45.